The summed E-state index contributed by atoms with van der Waals surface area (Å²) in [5.74, 6) is -5.73. The van der Waals surface area contributed by atoms with Crippen molar-refractivity contribution in [1.82, 2.24) is 16.0 Å². The van der Waals surface area contributed by atoms with Crippen LogP contribution in [0.25, 0.3) is 0 Å². The Hall–Kier alpha value is -3.46. The molecule has 0 aliphatic rings. The Kier molecular flexibility index (Phi) is 13.8. The predicted molar refractivity (Wildman–Crippen MR) is 120 cm³/mol. The van der Waals surface area contributed by atoms with E-state index in [2.05, 4.69) is 15.6 Å². The molecule has 0 rings (SSSR count). The van der Waals surface area contributed by atoms with Crippen molar-refractivity contribution in [3.8, 4) is 0 Å². The van der Waals surface area contributed by atoms with Gasteiger partial charge in [-0.1, -0.05) is 13.8 Å². The average Bonchev–Trinajstić information content (AvgIpc) is 2.71. The number of carbonyl (C=O) groups excluding carboxylic acids is 3. The zero-order chi connectivity index (χ0) is 26.4. The third kappa shape index (κ3) is 12.5. The van der Waals surface area contributed by atoms with E-state index in [4.69, 9.17) is 32.5 Å². The second kappa shape index (κ2) is 15.4. The van der Waals surface area contributed by atoms with Crippen LogP contribution in [0.3, 0.4) is 0 Å². The Bertz CT molecular complexity index is 755. The lowest BCUT2D eigenvalue weighted by molar-refractivity contribution is -0.144. The first-order valence-electron chi connectivity index (χ1n) is 10.6. The number of aliphatic carboxylic acids is 2. The van der Waals surface area contributed by atoms with E-state index in [1.54, 1.807) is 0 Å². The summed E-state index contributed by atoms with van der Waals surface area (Å²) in [6.45, 7) is 2.90. The van der Waals surface area contributed by atoms with Crippen molar-refractivity contribution in [1.29, 1.82) is 0 Å². The Labute approximate surface area is 196 Å². The fraction of sp³-hybridized carbons (Fsp3) is 0.684. The highest BCUT2D eigenvalue weighted by Gasteiger charge is 2.31. The van der Waals surface area contributed by atoms with Gasteiger partial charge in [0, 0.05) is 6.54 Å². The minimum atomic E-state index is -1.70. The number of aliphatic hydroxyl groups is 1. The Morgan fingerprint density at radius 1 is 0.882 bits per heavy atom. The molecule has 34 heavy (non-hydrogen) atoms. The van der Waals surface area contributed by atoms with E-state index < -0.39 is 66.9 Å². The molecule has 3 amide bonds. The molecule has 0 spiro atoms. The zero-order valence-corrected chi connectivity index (χ0v) is 19.2. The van der Waals surface area contributed by atoms with Crippen molar-refractivity contribution < 1.29 is 39.3 Å². The van der Waals surface area contributed by atoms with Crippen molar-refractivity contribution in [3.05, 3.63) is 0 Å². The van der Waals surface area contributed by atoms with Gasteiger partial charge in [-0.15, -0.1) is 0 Å². The normalized spacial score (nSPS) is 14.3. The molecule has 0 aliphatic carbocycles. The Balaban J connectivity index is 5.54. The van der Waals surface area contributed by atoms with Gasteiger partial charge in [0.1, 0.15) is 18.1 Å². The lowest BCUT2D eigenvalue weighted by Gasteiger charge is -2.24. The van der Waals surface area contributed by atoms with E-state index in [9.17, 15) is 24.0 Å². The van der Waals surface area contributed by atoms with Gasteiger partial charge in [-0.05, 0) is 25.2 Å². The summed E-state index contributed by atoms with van der Waals surface area (Å²) in [6.07, 6.45) is -0.261. The number of aliphatic imine (C=N–C) groups is 1. The number of guanidine groups is 1. The molecule has 0 saturated carbocycles. The van der Waals surface area contributed by atoms with Gasteiger partial charge in [-0.25, -0.2) is 4.79 Å². The molecule has 0 aliphatic heterocycles. The monoisotopic (exact) mass is 489 g/mol. The summed E-state index contributed by atoms with van der Waals surface area (Å²) in [7, 11) is 0. The summed E-state index contributed by atoms with van der Waals surface area (Å²) in [5, 5.41) is 33.7. The molecule has 4 atom stereocenters. The summed E-state index contributed by atoms with van der Waals surface area (Å²) in [4.78, 5) is 63.7. The van der Waals surface area contributed by atoms with Gasteiger partial charge < -0.3 is 48.5 Å². The topological polar surface area (TPSA) is 273 Å². The van der Waals surface area contributed by atoms with Crippen LogP contribution in [0.5, 0.6) is 0 Å². The number of amides is 3. The van der Waals surface area contributed by atoms with E-state index in [1.165, 1.54) is 0 Å². The van der Waals surface area contributed by atoms with Crippen molar-refractivity contribution >= 4 is 35.6 Å². The lowest BCUT2D eigenvalue weighted by atomic mass is 10.0. The molecule has 0 saturated heterocycles. The SMILES string of the molecule is CC(C)CC(N)C(=O)NC(CCCN=C(N)N)C(=O)NC(CC(=O)O)C(=O)NC(CO)C(=O)O. The maximum absolute atomic E-state index is 12.8. The summed E-state index contributed by atoms with van der Waals surface area (Å²) >= 11 is 0. The standard InChI is InChI=1S/C19H35N7O8/c1-9(2)6-10(20)15(30)24-11(4-3-5-23-19(21)22)16(31)25-12(7-14(28)29)17(32)26-13(8-27)18(33)34/h9-13,27H,3-8,20H2,1-2H3,(H,24,30)(H,25,31)(H,26,32)(H,28,29)(H,33,34)(H4,21,22,23). The van der Waals surface area contributed by atoms with E-state index >= 15 is 0 Å². The fourth-order valence-corrected chi connectivity index (χ4v) is 2.78. The lowest BCUT2D eigenvalue weighted by Crippen LogP contribution is -2.58. The highest BCUT2D eigenvalue weighted by atomic mass is 16.4. The summed E-state index contributed by atoms with van der Waals surface area (Å²) in [6, 6.07) is -5.51. The highest BCUT2D eigenvalue weighted by Crippen LogP contribution is 2.06. The molecule has 0 aromatic heterocycles. The van der Waals surface area contributed by atoms with Gasteiger partial charge in [0.25, 0.3) is 0 Å². The summed E-state index contributed by atoms with van der Waals surface area (Å²) in [5.41, 5.74) is 16.4. The minimum absolute atomic E-state index is 0.0263. The van der Waals surface area contributed by atoms with Gasteiger partial charge in [-0.3, -0.25) is 24.2 Å². The maximum Gasteiger partial charge on any atom is 0.328 e. The number of aliphatic hydroxyl groups excluding tert-OH is 1. The first-order valence-corrected chi connectivity index (χ1v) is 10.6. The molecule has 12 N–H and O–H groups in total. The van der Waals surface area contributed by atoms with Crippen LogP contribution < -0.4 is 33.2 Å². The fourth-order valence-electron chi connectivity index (χ4n) is 2.78. The summed E-state index contributed by atoms with van der Waals surface area (Å²) < 4.78 is 0. The van der Waals surface area contributed by atoms with Crippen molar-refractivity contribution in [2.75, 3.05) is 13.2 Å². The smallest absolute Gasteiger partial charge is 0.328 e. The number of carboxylic acid groups (broad SMARTS) is 2. The first kappa shape index (κ1) is 30.5. The van der Waals surface area contributed by atoms with E-state index in [1.807, 2.05) is 19.2 Å². The average molecular weight is 490 g/mol. The molecule has 194 valence electrons. The molecule has 15 nitrogen and oxygen atoms in total. The second-order valence-corrected chi connectivity index (χ2v) is 7.99. The molecule has 0 aromatic rings. The number of hydrogen-bond donors (Lipinski definition) is 9. The third-order valence-corrected chi connectivity index (χ3v) is 4.45. The minimum Gasteiger partial charge on any atom is -0.481 e. The van der Waals surface area contributed by atoms with Gasteiger partial charge in [0.15, 0.2) is 5.96 Å². The first-order chi connectivity index (χ1) is 15.8. The molecule has 0 fully saturated rings. The predicted octanol–water partition coefficient (Wildman–Crippen LogP) is -3.58. The van der Waals surface area contributed by atoms with Gasteiger partial charge in [0.05, 0.1) is 19.1 Å². The molecule has 0 heterocycles. The quantitative estimate of drug-likeness (QED) is 0.0580. The van der Waals surface area contributed by atoms with Crippen molar-refractivity contribution in [2.24, 2.45) is 28.1 Å². The molecule has 0 aromatic carbocycles. The number of carbonyl (C=O) groups is 5. The number of nitrogens with two attached hydrogens (primary N) is 3. The van der Waals surface area contributed by atoms with Crippen LogP contribution in [0, 0.1) is 5.92 Å². The number of rotatable bonds is 16. The third-order valence-electron chi connectivity index (χ3n) is 4.45. The van der Waals surface area contributed by atoms with E-state index in [0.29, 0.717) is 6.42 Å². The molecule has 15 heteroatoms. The van der Waals surface area contributed by atoms with Crippen LogP contribution in [0.15, 0.2) is 4.99 Å². The Morgan fingerprint density at radius 3 is 1.88 bits per heavy atom. The number of hydrogen-bond acceptors (Lipinski definition) is 8. The molecule has 0 radical (unpaired) electrons. The van der Waals surface area contributed by atoms with Crippen LogP contribution in [0.1, 0.15) is 39.5 Å². The number of carboxylic acids is 2. The van der Waals surface area contributed by atoms with Gasteiger partial charge in [-0.2, -0.15) is 0 Å². The van der Waals surface area contributed by atoms with Gasteiger partial charge in [0.2, 0.25) is 17.7 Å². The number of nitrogens with one attached hydrogen (secondary N) is 3. The maximum atomic E-state index is 12.8. The highest BCUT2D eigenvalue weighted by molar-refractivity contribution is 5.95. The van der Waals surface area contributed by atoms with Crippen LogP contribution >= 0.6 is 0 Å². The van der Waals surface area contributed by atoms with E-state index in [-0.39, 0.29) is 31.3 Å². The molecule has 0 bridgehead atoms. The second-order valence-electron chi connectivity index (χ2n) is 7.99. The van der Waals surface area contributed by atoms with Crippen LogP contribution in [0.4, 0.5) is 0 Å². The molecular formula is C19H35N7O8. The zero-order valence-electron chi connectivity index (χ0n) is 19.2. The van der Waals surface area contributed by atoms with E-state index in [0.717, 1.165) is 0 Å². The van der Waals surface area contributed by atoms with Crippen molar-refractivity contribution in [3.63, 3.8) is 0 Å². The van der Waals surface area contributed by atoms with Crippen LogP contribution in [-0.4, -0.2) is 88.3 Å². The molecular weight excluding hydrogens is 454 g/mol. The van der Waals surface area contributed by atoms with Crippen molar-refractivity contribution in [2.45, 2.75) is 63.7 Å². The van der Waals surface area contributed by atoms with Crippen LogP contribution in [-0.2, 0) is 24.0 Å². The van der Waals surface area contributed by atoms with Crippen LogP contribution in [0.2, 0.25) is 0 Å². The Morgan fingerprint density at radius 2 is 1.41 bits per heavy atom. The largest absolute Gasteiger partial charge is 0.481 e. The number of nitrogens with zero attached hydrogens (tertiary/aromatic N) is 1. The van der Waals surface area contributed by atoms with Gasteiger partial charge >= 0.3 is 11.9 Å². The molecule has 4 unspecified atom stereocenters.